The summed E-state index contributed by atoms with van der Waals surface area (Å²) < 4.78 is 30.8. The van der Waals surface area contributed by atoms with Crippen LogP contribution in [0.1, 0.15) is 18.9 Å². The van der Waals surface area contributed by atoms with Gasteiger partial charge in [0, 0.05) is 50.3 Å². The normalized spacial score (nSPS) is 21.9. The van der Waals surface area contributed by atoms with Gasteiger partial charge in [0.1, 0.15) is 17.5 Å². The number of aryl methyl sites for hydroxylation is 1. The van der Waals surface area contributed by atoms with Crippen molar-refractivity contribution in [2.45, 2.75) is 32.4 Å². The van der Waals surface area contributed by atoms with Crippen LogP contribution in [0, 0.1) is 18.6 Å². The standard InChI is InChI=1S/C21H26F2N4O3/c1-11-9-27-15(10-24(11)3)20(29)26(6-5-7-28)19-18(27)13-8-14(22)12(2)16(23)17(13)25(4)21(19)30/h8,11,15,28H,5-7,9-10H2,1-4H3. The Morgan fingerprint density at radius 3 is 2.53 bits per heavy atom. The van der Waals surface area contributed by atoms with Crippen LogP contribution in [0.25, 0.3) is 10.9 Å². The van der Waals surface area contributed by atoms with Crippen molar-refractivity contribution in [3.05, 3.63) is 33.6 Å². The molecule has 1 aromatic heterocycles. The molecule has 2 atom stereocenters. The lowest BCUT2D eigenvalue weighted by Crippen LogP contribution is -2.65. The van der Waals surface area contributed by atoms with E-state index in [0.717, 1.165) is 4.57 Å². The number of aromatic nitrogens is 1. The number of hydrogen-bond donors (Lipinski definition) is 1. The van der Waals surface area contributed by atoms with Crippen molar-refractivity contribution in [1.29, 1.82) is 0 Å². The second kappa shape index (κ2) is 7.31. The third-order valence-electron chi connectivity index (χ3n) is 6.44. The average molecular weight is 420 g/mol. The number of piperazine rings is 1. The number of anilines is 2. The smallest absolute Gasteiger partial charge is 0.277 e. The minimum atomic E-state index is -0.773. The van der Waals surface area contributed by atoms with Gasteiger partial charge < -0.3 is 19.5 Å². The summed E-state index contributed by atoms with van der Waals surface area (Å²) in [5, 5.41) is 9.57. The molecule has 1 fully saturated rings. The van der Waals surface area contributed by atoms with Crippen LogP contribution in [0.5, 0.6) is 0 Å². The summed E-state index contributed by atoms with van der Waals surface area (Å²) in [6.07, 6.45) is 0.294. The number of fused-ring (bicyclic) bond motifs is 5. The average Bonchev–Trinajstić information content (AvgIpc) is 2.70. The van der Waals surface area contributed by atoms with Crippen LogP contribution >= 0.6 is 0 Å². The first-order valence-corrected chi connectivity index (χ1v) is 10.1. The van der Waals surface area contributed by atoms with E-state index in [2.05, 4.69) is 4.90 Å². The summed E-state index contributed by atoms with van der Waals surface area (Å²) in [6.45, 7) is 4.25. The van der Waals surface area contributed by atoms with Gasteiger partial charge in [0.2, 0.25) is 0 Å². The van der Waals surface area contributed by atoms with Crippen molar-refractivity contribution in [2.75, 3.05) is 43.1 Å². The molecular weight excluding hydrogens is 394 g/mol. The molecule has 0 spiro atoms. The predicted molar refractivity (Wildman–Crippen MR) is 111 cm³/mol. The van der Waals surface area contributed by atoms with E-state index in [1.807, 2.05) is 18.9 Å². The predicted octanol–water partition coefficient (Wildman–Crippen LogP) is 1.36. The van der Waals surface area contributed by atoms with E-state index in [1.54, 1.807) is 0 Å². The number of aliphatic hydroxyl groups excluding tert-OH is 1. The summed E-state index contributed by atoms with van der Waals surface area (Å²) in [5.74, 6) is -1.71. The van der Waals surface area contributed by atoms with Crippen LogP contribution < -0.4 is 15.4 Å². The lowest BCUT2D eigenvalue weighted by atomic mass is 9.97. The second-order valence-electron chi connectivity index (χ2n) is 8.28. The minimum absolute atomic E-state index is 0.0273. The summed E-state index contributed by atoms with van der Waals surface area (Å²) in [4.78, 5) is 31.9. The van der Waals surface area contributed by atoms with Gasteiger partial charge in [0.15, 0.2) is 5.82 Å². The Hall–Kier alpha value is -2.52. The summed E-state index contributed by atoms with van der Waals surface area (Å²) in [6, 6.07) is 0.775. The topological polar surface area (TPSA) is 69.0 Å². The fourth-order valence-electron chi connectivity index (χ4n) is 4.54. The van der Waals surface area contributed by atoms with E-state index in [1.165, 1.54) is 24.9 Å². The maximum atomic E-state index is 15.1. The molecular formula is C21H26F2N4O3. The first kappa shape index (κ1) is 20.7. The molecule has 1 aromatic carbocycles. The van der Waals surface area contributed by atoms with Crippen LogP contribution in [0.15, 0.2) is 10.9 Å². The zero-order chi connectivity index (χ0) is 21.9. The number of aliphatic hydroxyl groups is 1. The maximum absolute atomic E-state index is 15.1. The zero-order valence-corrected chi connectivity index (χ0v) is 17.6. The minimum Gasteiger partial charge on any atom is -0.396 e. The Morgan fingerprint density at radius 1 is 1.17 bits per heavy atom. The lowest BCUT2D eigenvalue weighted by molar-refractivity contribution is -0.121. The number of likely N-dealkylation sites (N-methyl/N-ethyl adjacent to an activating group) is 1. The van der Waals surface area contributed by atoms with Crippen LogP contribution in [-0.4, -0.2) is 65.9 Å². The van der Waals surface area contributed by atoms with Gasteiger partial charge in [-0.3, -0.25) is 14.5 Å². The highest BCUT2D eigenvalue weighted by molar-refractivity contribution is 6.12. The highest BCUT2D eigenvalue weighted by Crippen LogP contribution is 2.42. The lowest BCUT2D eigenvalue weighted by Gasteiger charge is -2.49. The Morgan fingerprint density at radius 2 is 1.87 bits per heavy atom. The number of pyridine rings is 1. The van der Waals surface area contributed by atoms with E-state index in [0.29, 0.717) is 25.2 Å². The van der Waals surface area contributed by atoms with E-state index in [9.17, 15) is 19.1 Å². The van der Waals surface area contributed by atoms with Crippen molar-refractivity contribution in [3.8, 4) is 0 Å². The molecule has 1 amide bonds. The Bertz CT molecular complexity index is 1100. The van der Waals surface area contributed by atoms with E-state index >= 15 is 4.39 Å². The molecule has 2 aliphatic heterocycles. The highest BCUT2D eigenvalue weighted by Gasteiger charge is 2.45. The van der Waals surface area contributed by atoms with E-state index in [-0.39, 0.29) is 47.3 Å². The zero-order valence-electron chi connectivity index (χ0n) is 17.6. The number of halogens is 2. The Labute approximate surface area is 173 Å². The first-order chi connectivity index (χ1) is 14.2. The van der Waals surface area contributed by atoms with E-state index in [4.69, 9.17) is 0 Å². The first-order valence-electron chi connectivity index (χ1n) is 10.1. The van der Waals surface area contributed by atoms with Gasteiger partial charge in [0.05, 0.1) is 11.2 Å². The summed E-state index contributed by atoms with van der Waals surface area (Å²) >= 11 is 0. The maximum Gasteiger partial charge on any atom is 0.277 e. The Balaban J connectivity index is 2.10. The molecule has 162 valence electrons. The fraction of sp³-hybridized carbons (Fsp3) is 0.524. The fourth-order valence-corrected chi connectivity index (χ4v) is 4.54. The molecule has 2 unspecified atom stereocenters. The molecule has 0 aliphatic carbocycles. The van der Waals surface area contributed by atoms with Crippen LogP contribution in [0.4, 0.5) is 20.2 Å². The van der Waals surface area contributed by atoms with Crippen molar-refractivity contribution in [2.24, 2.45) is 7.05 Å². The highest BCUT2D eigenvalue weighted by atomic mass is 19.1. The van der Waals surface area contributed by atoms with Gasteiger partial charge in [-0.15, -0.1) is 0 Å². The molecule has 9 heteroatoms. The largest absolute Gasteiger partial charge is 0.396 e. The molecule has 4 rings (SSSR count). The van der Waals surface area contributed by atoms with Gasteiger partial charge in [-0.05, 0) is 33.4 Å². The van der Waals surface area contributed by atoms with Gasteiger partial charge in [-0.25, -0.2) is 8.78 Å². The molecule has 1 saturated heterocycles. The molecule has 0 saturated carbocycles. The molecule has 3 heterocycles. The molecule has 2 aromatic rings. The molecule has 2 aliphatic rings. The third kappa shape index (κ3) is 2.83. The van der Waals surface area contributed by atoms with Gasteiger partial charge in [0.25, 0.3) is 11.5 Å². The van der Waals surface area contributed by atoms with Crippen molar-refractivity contribution < 1.29 is 18.7 Å². The molecule has 1 N–H and O–H groups in total. The summed E-state index contributed by atoms with van der Waals surface area (Å²) in [7, 11) is 3.35. The van der Waals surface area contributed by atoms with E-state index < -0.39 is 23.2 Å². The Kier molecular flexibility index (Phi) is 5.06. The van der Waals surface area contributed by atoms with Gasteiger partial charge in [-0.1, -0.05) is 0 Å². The third-order valence-corrected chi connectivity index (χ3v) is 6.44. The van der Waals surface area contributed by atoms with Crippen LogP contribution in [0.3, 0.4) is 0 Å². The summed E-state index contributed by atoms with van der Waals surface area (Å²) in [5.41, 5.74) is -0.115. The van der Waals surface area contributed by atoms with Gasteiger partial charge in [-0.2, -0.15) is 0 Å². The molecule has 30 heavy (non-hydrogen) atoms. The number of hydrogen-bond acceptors (Lipinski definition) is 5. The quantitative estimate of drug-likeness (QED) is 0.812. The van der Waals surface area contributed by atoms with Crippen LogP contribution in [0.2, 0.25) is 0 Å². The number of carbonyl (C=O) groups is 1. The number of nitrogens with zero attached hydrogens (tertiary/aromatic N) is 4. The number of carbonyl (C=O) groups excluding carboxylic acids is 1. The molecule has 0 radical (unpaired) electrons. The molecule has 7 nitrogen and oxygen atoms in total. The van der Waals surface area contributed by atoms with Crippen molar-refractivity contribution in [1.82, 2.24) is 9.47 Å². The van der Waals surface area contributed by atoms with Gasteiger partial charge >= 0.3 is 0 Å². The van der Waals surface area contributed by atoms with Crippen molar-refractivity contribution in [3.63, 3.8) is 0 Å². The number of amides is 1. The van der Waals surface area contributed by atoms with Crippen LogP contribution in [-0.2, 0) is 11.8 Å². The van der Waals surface area contributed by atoms with Crippen molar-refractivity contribution >= 4 is 28.2 Å². The monoisotopic (exact) mass is 420 g/mol. The number of rotatable bonds is 3. The number of benzene rings is 1. The molecule has 0 bridgehead atoms. The second-order valence-corrected chi connectivity index (χ2v) is 8.28. The SMILES string of the molecule is Cc1c(F)cc2c3c(c(=O)n(C)c2c1F)N(CCCO)C(=O)C1CN(C)C(C)CN31.